The Labute approximate surface area is 251 Å². The van der Waals surface area contributed by atoms with Crippen molar-refractivity contribution >= 4 is 33.2 Å². The van der Waals surface area contributed by atoms with Crippen molar-refractivity contribution in [3.8, 4) is 17.0 Å². The Bertz CT molecular complexity index is 1590. The molecule has 3 N–H and O–H groups in total. The third-order valence-electron chi connectivity index (χ3n) is 8.72. The summed E-state index contributed by atoms with van der Waals surface area (Å²) in [6, 6.07) is 20.6. The van der Waals surface area contributed by atoms with Gasteiger partial charge in [-0.05, 0) is 92.6 Å². The number of aromatic nitrogens is 2. The smallest absolute Gasteiger partial charge is 0.120 e. The lowest BCUT2D eigenvalue weighted by Crippen LogP contribution is -2.45. The van der Waals surface area contributed by atoms with Crippen LogP contribution in [0.3, 0.4) is 0 Å². The number of allylic oxidation sites excluding steroid dienone is 1. The molecule has 1 aliphatic heterocycles. The summed E-state index contributed by atoms with van der Waals surface area (Å²) in [6.07, 6.45) is 5.58. The van der Waals surface area contributed by atoms with Crippen LogP contribution in [0.4, 0.5) is 0 Å². The third-order valence-corrected chi connectivity index (χ3v) is 8.72. The standard InChI is InChI=1S/C36H47N5O/c1-7-24(4)35(38-34(37)19-23(2)3)29-14-16-33-32(22-29)36(40-39-33)28-12-11-27-13-15-31(21-30(27)20-28)42-18-17-41-25(5)9-8-10-26(41)6/h11-16,20-23,25-26H,7-10,17-19H2,1-6H3,(H2,37,38)(H,39,40)/b35-24+. The van der Waals surface area contributed by atoms with Crippen LogP contribution in [0.1, 0.15) is 79.2 Å². The minimum atomic E-state index is 0.459. The van der Waals surface area contributed by atoms with Crippen molar-refractivity contribution < 1.29 is 4.74 Å². The first-order valence-electron chi connectivity index (χ1n) is 15.7. The van der Waals surface area contributed by atoms with Crippen molar-refractivity contribution in [3.05, 3.63) is 65.7 Å². The summed E-state index contributed by atoms with van der Waals surface area (Å²) in [4.78, 5) is 7.48. The van der Waals surface area contributed by atoms with Crippen molar-refractivity contribution in [2.24, 2.45) is 16.6 Å². The number of nitrogens with zero attached hydrogens (tertiary/aromatic N) is 3. The first-order valence-corrected chi connectivity index (χ1v) is 15.7. The van der Waals surface area contributed by atoms with Crippen LogP contribution in [0, 0.1) is 5.92 Å². The van der Waals surface area contributed by atoms with Crippen LogP contribution < -0.4 is 10.5 Å². The van der Waals surface area contributed by atoms with E-state index in [0.29, 0.717) is 30.4 Å². The summed E-state index contributed by atoms with van der Waals surface area (Å²) < 4.78 is 6.25. The normalized spacial score (nSPS) is 19.1. The van der Waals surface area contributed by atoms with Crippen molar-refractivity contribution in [1.82, 2.24) is 15.1 Å². The van der Waals surface area contributed by atoms with E-state index >= 15 is 0 Å². The van der Waals surface area contributed by atoms with Crippen LogP contribution in [0.2, 0.25) is 0 Å². The number of amidine groups is 1. The highest BCUT2D eigenvalue weighted by molar-refractivity contribution is 5.98. The molecule has 42 heavy (non-hydrogen) atoms. The van der Waals surface area contributed by atoms with E-state index in [-0.39, 0.29) is 0 Å². The van der Waals surface area contributed by atoms with Gasteiger partial charge in [-0.2, -0.15) is 5.10 Å². The van der Waals surface area contributed by atoms with Gasteiger partial charge < -0.3 is 10.5 Å². The molecule has 6 nitrogen and oxygen atoms in total. The van der Waals surface area contributed by atoms with E-state index in [1.807, 2.05) is 0 Å². The molecule has 2 heterocycles. The van der Waals surface area contributed by atoms with Gasteiger partial charge in [-0.1, -0.05) is 51.5 Å². The van der Waals surface area contributed by atoms with E-state index in [2.05, 4.69) is 106 Å². The summed E-state index contributed by atoms with van der Waals surface area (Å²) in [5.74, 6) is 2.04. The Morgan fingerprint density at radius 2 is 1.81 bits per heavy atom. The fourth-order valence-electron chi connectivity index (χ4n) is 6.21. The number of aliphatic imine (C=N–C) groups is 1. The lowest BCUT2D eigenvalue weighted by atomic mass is 9.98. The predicted molar refractivity (Wildman–Crippen MR) is 178 cm³/mol. The molecular weight excluding hydrogens is 518 g/mol. The van der Waals surface area contributed by atoms with Gasteiger partial charge in [0, 0.05) is 41.6 Å². The van der Waals surface area contributed by atoms with Crippen molar-refractivity contribution in [2.75, 3.05) is 13.2 Å². The Morgan fingerprint density at radius 3 is 2.55 bits per heavy atom. The van der Waals surface area contributed by atoms with Crippen molar-refractivity contribution in [1.29, 1.82) is 0 Å². The van der Waals surface area contributed by atoms with E-state index in [1.54, 1.807) is 0 Å². The van der Waals surface area contributed by atoms with Gasteiger partial charge in [0.05, 0.1) is 22.7 Å². The molecule has 0 amide bonds. The summed E-state index contributed by atoms with van der Waals surface area (Å²) in [5, 5.41) is 11.4. The van der Waals surface area contributed by atoms with E-state index < -0.39 is 0 Å². The van der Waals surface area contributed by atoms with Crippen LogP contribution in [0.25, 0.3) is 38.6 Å². The molecule has 0 aliphatic carbocycles. The molecule has 1 aromatic heterocycles. The molecule has 2 atom stereocenters. The first kappa shape index (κ1) is 29.8. The summed E-state index contributed by atoms with van der Waals surface area (Å²) in [7, 11) is 0. The Balaban J connectivity index is 1.42. The fraction of sp³-hybridized carbons (Fsp3) is 0.444. The maximum absolute atomic E-state index is 6.35. The highest BCUT2D eigenvalue weighted by Crippen LogP contribution is 2.33. The van der Waals surface area contributed by atoms with Gasteiger partial charge in [-0.25, -0.2) is 4.99 Å². The van der Waals surface area contributed by atoms with Gasteiger partial charge in [0.15, 0.2) is 0 Å². The molecule has 0 bridgehead atoms. The first-order chi connectivity index (χ1) is 20.2. The predicted octanol–water partition coefficient (Wildman–Crippen LogP) is 8.57. The van der Waals surface area contributed by atoms with E-state index in [0.717, 1.165) is 63.9 Å². The number of nitrogens with two attached hydrogens (primary N) is 1. The monoisotopic (exact) mass is 565 g/mol. The lowest BCUT2D eigenvalue weighted by Gasteiger charge is -2.38. The molecule has 1 fully saturated rings. The minimum Gasteiger partial charge on any atom is -0.492 e. The summed E-state index contributed by atoms with van der Waals surface area (Å²) >= 11 is 0. The molecule has 3 aromatic carbocycles. The quantitative estimate of drug-likeness (QED) is 0.149. The molecule has 1 saturated heterocycles. The molecule has 5 rings (SSSR count). The van der Waals surface area contributed by atoms with Gasteiger partial charge in [0.1, 0.15) is 12.4 Å². The van der Waals surface area contributed by atoms with Crippen LogP contribution in [-0.2, 0) is 0 Å². The second kappa shape index (κ2) is 13.1. The Hall–Kier alpha value is -3.64. The van der Waals surface area contributed by atoms with Gasteiger partial charge in [0.2, 0.25) is 0 Å². The minimum absolute atomic E-state index is 0.459. The van der Waals surface area contributed by atoms with Crippen LogP contribution in [-0.4, -0.2) is 46.2 Å². The van der Waals surface area contributed by atoms with Gasteiger partial charge >= 0.3 is 0 Å². The van der Waals surface area contributed by atoms with Crippen molar-refractivity contribution in [3.63, 3.8) is 0 Å². The molecule has 1 aliphatic rings. The topological polar surface area (TPSA) is 79.5 Å². The number of hydrogen-bond donors (Lipinski definition) is 2. The highest BCUT2D eigenvalue weighted by atomic mass is 16.5. The van der Waals surface area contributed by atoms with Crippen LogP contribution in [0.15, 0.2) is 65.2 Å². The second-order valence-electron chi connectivity index (χ2n) is 12.5. The maximum Gasteiger partial charge on any atom is 0.120 e. The molecule has 222 valence electrons. The Morgan fingerprint density at radius 1 is 1.05 bits per heavy atom. The molecule has 0 radical (unpaired) electrons. The number of likely N-dealkylation sites (tertiary alicyclic amines) is 1. The number of H-pyrrole nitrogens is 1. The number of hydrogen-bond acceptors (Lipinski definition) is 4. The van der Waals surface area contributed by atoms with E-state index in [4.69, 9.17) is 20.6 Å². The maximum atomic E-state index is 6.35. The van der Waals surface area contributed by atoms with Crippen molar-refractivity contribution in [2.45, 2.75) is 85.7 Å². The SMILES string of the molecule is CC/C(C)=C(/N=C(N)CC(C)C)c1ccc2[nH]nc(-c3ccc4ccc(OCCN5C(C)CCCC5C)cc4c3)c2c1. The average molecular weight is 566 g/mol. The zero-order valence-electron chi connectivity index (χ0n) is 26.2. The molecule has 6 heteroatoms. The molecule has 4 aromatic rings. The zero-order valence-corrected chi connectivity index (χ0v) is 26.2. The number of fused-ring (bicyclic) bond motifs is 2. The molecule has 0 saturated carbocycles. The Kier molecular flexibility index (Phi) is 9.32. The van der Waals surface area contributed by atoms with Crippen LogP contribution in [0.5, 0.6) is 5.75 Å². The van der Waals surface area contributed by atoms with Crippen LogP contribution >= 0.6 is 0 Å². The molecular formula is C36H47N5O. The van der Waals surface area contributed by atoms with Gasteiger partial charge in [0.25, 0.3) is 0 Å². The summed E-state index contributed by atoms with van der Waals surface area (Å²) in [5.41, 5.74) is 12.6. The van der Waals surface area contributed by atoms with Gasteiger partial charge in [-0.15, -0.1) is 0 Å². The third kappa shape index (κ3) is 6.70. The molecule has 2 unspecified atom stereocenters. The van der Waals surface area contributed by atoms with E-state index in [9.17, 15) is 0 Å². The number of nitrogens with one attached hydrogen (secondary N) is 1. The fourth-order valence-corrected chi connectivity index (χ4v) is 6.21. The number of piperidine rings is 1. The lowest BCUT2D eigenvalue weighted by molar-refractivity contribution is 0.0852. The van der Waals surface area contributed by atoms with Gasteiger partial charge in [-0.3, -0.25) is 10.00 Å². The number of aromatic amines is 1. The number of rotatable bonds is 10. The highest BCUT2D eigenvalue weighted by Gasteiger charge is 2.24. The van der Waals surface area contributed by atoms with E-state index in [1.165, 1.54) is 30.2 Å². The number of benzene rings is 3. The molecule has 0 spiro atoms. The average Bonchev–Trinajstić information content (AvgIpc) is 3.39. The number of ether oxygens (including phenoxy) is 1. The second-order valence-corrected chi connectivity index (χ2v) is 12.5. The zero-order chi connectivity index (χ0) is 29.8. The summed E-state index contributed by atoms with van der Waals surface area (Å²) in [6.45, 7) is 15.0. The largest absolute Gasteiger partial charge is 0.492 e.